The highest BCUT2D eigenvalue weighted by Crippen LogP contribution is 2.34. The maximum atomic E-state index is 12.7. The molecule has 2 aliphatic heterocycles. The number of aromatic nitrogens is 1. The Morgan fingerprint density at radius 1 is 1.36 bits per heavy atom. The lowest BCUT2D eigenvalue weighted by atomic mass is 9.84. The van der Waals surface area contributed by atoms with Gasteiger partial charge in [0.25, 0.3) is 5.91 Å². The fourth-order valence-corrected chi connectivity index (χ4v) is 3.61. The first kappa shape index (κ1) is 22.2. The van der Waals surface area contributed by atoms with Crippen LogP contribution in [0, 0.1) is 11.8 Å². The normalized spacial score (nSPS) is 24.5. The number of nitrogens with zero attached hydrogens (tertiary/aromatic N) is 3. The average molecular weight is 405 g/mol. The number of piperidine rings is 1. The van der Waals surface area contributed by atoms with Gasteiger partial charge < -0.3 is 24.2 Å². The van der Waals surface area contributed by atoms with Gasteiger partial charge in [-0.3, -0.25) is 4.79 Å². The summed E-state index contributed by atoms with van der Waals surface area (Å²) >= 11 is 0. The average Bonchev–Trinajstić information content (AvgIpc) is 3.19. The van der Waals surface area contributed by atoms with E-state index in [9.17, 15) is 18.0 Å². The Hall–Kier alpha value is -2.07. The van der Waals surface area contributed by atoms with Crippen molar-refractivity contribution in [1.82, 2.24) is 14.4 Å². The van der Waals surface area contributed by atoms with E-state index < -0.39 is 12.1 Å². The van der Waals surface area contributed by atoms with Gasteiger partial charge in [-0.25, -0.2) is 4.79 Å². The molecule has 1 amide bonds. The number of carbonyl (C=O) groups is 2. The third kappa shape index (κ3) is 5.48. The largest absolute Gasteiger partial charge is 0.490 e. The number of ether oxygens (including phenoxy) is 1. The Labute approximate surface area is 161 Å². The van der Waals surface area contributed by atoms with Crippen LogP contribution in [0.15, 0.2) is 18.3 Å². The topological polar surface area (TPSA) is 75.0 Å². The first-order chi connectivity index (χ1) is 13.0. The number of carboxylic acid groups (broad SMARTS) is 1. The maximum Gasteiger partial charge on any atom is 0.490 e. The number of amides is 1. The lowest BCUT2D eigenvalue weighted by Gasteiger charge is -2.36. The van der Waals surface area contributed by atoms with Crippen LogP contribution in [0.1, 0.15) is 16.9 Å². The molecule has 0 saturated carbocycles. The van der Waals surface area contributed by atoms with E-state index in [1.54, 1.807) is 0 Å². The lowest BCUT2D eigenvalue weighted by molar-refractivity contribution is -0.192. The zero-order chi connectivity index (χ0) is 21.1. The van der Waals surface area contributed by atoms with E-state index in [4.69, 9.17) is 14.6 Å². The smallest absolute Gasteiger partial charge is 0.475 e. The molecule has 7 nitrogen and oxygen atoms in total. The summed E-state index contributed by atoms with van der Waals surface area (Å²) in [6, 6.07) is 3.82. The van der Waals surface area contributed by atoms with Crippen LogP contribution in [0.4, 0.5) is 13.2 Å². The molecule has 3 atom stereocenters. The van der Waals surface area contributed by atoms with Gasteiger partial charge in [-0.2, -0.15) is 13.2 Å². The number of likely N-dealkylation sites (tertiary alicyclic amines) is 1. The predicted octanol–water partition coefficient (Wildman–Crippen LogP) is 1.70. The molecule has 2 fully saturated rings. The van der Waals surface area contributed by atoms with Gasteiger partial charge in [0, 0.05) is 38.8 Å². The van der Waals surface area contributed by atoms with Crippen LogP contribution in [-0.4, -0.2) is 84.0 Å². The zero-order valence-electron chi connectivity index (χ0n) is 16.1. The molecule has 0 aliphatic carbocycles. The van der Waals surface area contributed by atoms with Gasteiger partial charge in [0.2, 0.25) is 0 Å². The van der Waals surface area contributed by atoms with Gasteiger partial charge in [0.1, 0.15) is 5.69 Å². The standard InChI is InChI=1S/C16H25N3O2.C2HF3O2/c1-17(2)10-15-13-9-19(8-6-12(13)11-21-15)16(20)14-5-4-7-18(14)3;3-2(4,5)1(6)7/h4-5,7,12-13,15H,6,8-11H2,1-3H3;(H,6,7)/t12-,13-,15+;/m0./s1. The van der Waals surface area contributed by atoms with E-state index in [0.717, 1.165) is 38.4 Å². The Balaban J connectivity index is 0.000000345. The number of hydrogen-bond acceptors (Lipinski definition) is 4. The lowest BCUT2D eigenvalue weighted by Crippen LogP contribution is -2.47. The molecule has 0 aromatic carbocycles. The number of aliphatic carboxylic acids is 1. The van der Waals surface area contributed by atoms with Crippen LogP contribution < -0.4 is 0 Å². The summed E-state index contributed by atoms with van der Waals surface area (Å²) in [5.74, 6) is -1.51. The van der Waals surface area contributed by atoms with E-state index in [1.165, 1.54) is 0 Å². The summed E-state index contributed by atoms with van der Waals surface area (Å²) in [6.45, 7) is 3.47. The summed E-state index contributed by atoms with van der Waals surface area (Å²) in [6.07, 6.45) is -1.84. The molecule has 1 aromatic heterocycles. The van der Waals surface area contributed by atoms with Gasteiger partial charge in [-0.1, -0.05) is 0 Å². The van der Waals surface area contributed by atoms with Gasteiger partial charge in [0.05, 0.1) is 12.7 Å². The van der Waals surface area contributed by atoms with Gasteiger partial charge >= 0.3 is 12.1 Å². The van der Waals surface area contributed by atoms with E-state index >= 15 is 0 Å². The Morgan fingerprint density at radius 2 is 2.00 bits per heavy atom. The quantitative estimate of drug-likeness (QED) is 0.829. The zero-order valence-corrected chi connectivity index (χ0v) is 16.1. The minimum Gasteiger partial charge on any atom is -0.475 e. The third-order valence-electron chi connectivity index (χ3n) is 5.05. The van der Waals surface area contributed by atoms with Crippen LogP contribution in [-0.2, 0) is 16.6 Å². The summed E-state index contributed by atoms with van der Waals surface area (Å²) < 4.78 is 39.6. The molecule has 0 unspecified atom stereocenters. The SMILES string of the molecule is CN(C)C[C@H]1OC[C@@H]2CCN(C(=O)c3cccn3C)C[C@@H]21.O=C(O)C(F)(F)F. The highest BCUT2D eigenvalue weighted by atomic mass is 19.4. The third-order valence-corrected chi connectivity index (χ3v) is 5.05. The van der Waals surface area contributed by atoms with Crippen molar-refractivity contribution >= 4 is 11.9 Å². The van der Waals surface area contributed by atoms with Crippen molar-refractivity contribution in [3.8, 4) is 0 Å². The molecular weight excluding hydrogens is 379 g/mol. The molecule has 0 spiro atoms. The minimum absolute atomic E-state index is 0.149. The number of halogens is 3. The first-order valence-corrected chi connectivity index (χ1v) is 8.97. The van der Waals surface area contributed by atoms with Crippen molar-refractivity contribution in [2.75, 3.05) is 40.3 Å². The van der Waals surface area contributed by atoms with Crippen LogP contribution in [0.3, 0.4) is 0 Å². The van der Waals surface area contributed by atoms with Gasteiger partial charge in [-0.05, 0) is 38.6 Å². The summed E-state index contributed by atoms with van der Waals surface area (Å²) in [7, 11) is 6.08. The number of rotatable bonds is 3. The van der Waals surface area contributed by atoms with Crippen LogP contribution in [0.2, 0.25) is 0 Å². The molecule has 158 valence electrons. The van der Waals surface area contributed by atoms with Gasteiger partial charge in [-0.15, -0.1) is 0 Å². The Bertz CT molecular complexity index is 690. The molecule has 2 saturated heterocycles. The molecule has 28 heavy (non-hydrogen) atoms. The number of hydrogen-bond donors (Lipinski definition) is 1. The number of aryl methyl sites for hydroxylation is 1. The van der Waals surface area contributed by atoms with Gasteiger partial charge in [0.15, 0.2) is 0 Å². The molecule has 0 bridgehead atoms. The fraction of sp³-hybridized carbons (Fsp3) is 0.667. The molecule has 3 heterocycles. The first-order valence-electron chi connectivity index (χ1n) is 8.97. The summed E-state index contributed by atoms with van der Waals surface area (Å²) in [5.41, 5.74) is 0.775. The van der Waals surface area contributed by atoms with Crippen LogP contribution >= 0.6 is 0 Å². The molecule has 3 rings (SSSR count). The summed E-state index contributed by atoms with van der Waals surface area (Å²) in [4.78, 5) is 25.7. The molecule has 0 radical (unpaired) electrons. The van der Waals surface area contributed by atoms with Crippen molar-refractivity contribution in [1.29, 1.82) is 0 Å². The monoisotopic (exact) mass is 405 g/mol. The molecule has 1 N–H and O–H groups in total. The number of fused-ring (bicyclic) bond motifs is 1. The van der Waals surface area contributed by atoms with Crippen molar-refractivity contribution in [2.45, 2.75) is 18.7 Å². The van der Waals surface area contributed by atoms with Crippen LogP contribution in [0.5, 0.6) is 0 Å². The van der Waals surface area contributed by atoms with E-state index in [1.807, 2.05) is 34.8 Å². The van der Waals surface area contributed by atoms with E-state index in [2.05, 4.69) is 19.0 Å². The summed E-state index contributed by atoms with van der Waals surface area (Å²) in [5, 5.41) is 7.12. The fourth-order valence-electron chi connectivity index (χ4n) is 3.61. The number of likely N-dealkylation sites (N-methyl/N-ethyl adjacent to an activating group) is 1. The van der Waals surface area contributed by atoms with E-state index in [-0.39, 0.29) is 12.0 Å². The predicted molar refractivity (Wildman–Crippen MR) is 94.9 cm³/mol. The Kier molecular flexibility index (Phi) is 7.11. The maximum absolute atomic E-state index is 12.7. The number of alkyl halides is 3. The number of carbonyl (C=O) groups excluding carboxylic acids is 1. The molecule has 2 aliphatic rings. The number of carboxylic acids is 1. The highest BCUT2D eigenvalue weighted by molar-refractivity contribution is 5.92. The minimum atomic E-state index is -5.08. The van der Waals surface area contributed by atoms with Crippen molar-refractivity contribution in [3.05, 3.63) is 24.0 Å². The van der Waals surface area contributed by atoms with Crippen molar-refractivity contribution in [3.63, 3.8) is 0 Å². The second-order valence-corrected chi connectivity index (χ2v) is 7.41. The molecular formula is C18H26F3N3O4. The molecule has 1 aromatic rings. The van der Waals surface area contributed by atoms with Crippen molar-refractivity contribution in [2.24, 2.45) is 18.9 Å². The van der Waals surface area contributed by atoms with Crippen molar-refractivity contribution < 1.29 is 32.6 Å². The van der Waals surface area contributed by atoms with Crippen LogP contribution in [0.25, 0.3) is 0 Å². The second-order valence-electron chi connectivity index (χ2n) is 7.41. The molecule has 10 heteroatoms. The highest BCUT2D eigenvalue weighted by Gasteiger charge is 2.42. The van der Waals surface area contributed by atoms with E-state index in [0.29, 0.717) is 11.8 Å². The Morgan fingerprint density at radius 3 is 2.50 bits per heavy atom. The second kappa shape index (κ2) is 8.95.